The lowest BCUT2D eigenvalue weighted by Crippen LogP contribution is -2.29. The number of hydrogen-bond acceptors (Lipinski definition) is 4. The fourth-order valence-electron chi connectivity index (χ4n) is 3.43. The molecule has 0 N–H and O–H groups in total. The van der Waals surface area contributed by atoms with E-state index in [1.54, 1.807) is 72.8 Å². The van der Waals surface area contributed by atoms with Crippen molar-refractivity contribution in [2.45, 2.75) is 0 Å². The molecule has 5 nitrogen and oxygen atoms in total. The molecule has 0 radical (unpaired) electrons. The number of amidine groups is 1. The minimum Gasteiger partial charge on any atom is -0.457 e. The van der Waals surface area contributed by atoms with Crippen molar-refractivity contribution in [3.8, 4) is 11.3 Å². The molecule has 1 saturated heterocycles. The maximum atomic E-state index is 13.4. The highest BCUT2D eigenvalue weighted by atomic mass is 35.5. The number of benzene rings is 3. The largest absolute Gasteiger partial charge is 0.457 e. The van der Waals surface area contributed by atoms with Crippen molar-refractivity contribution >= 4 is 63.7 Å². The molecule has 1 aliphatic heterocycles. The summed E-state index contributed by atoms with van der Waals surface area (Å²) in [6.45, 7) is 0. The van der Waals surface area contributed by atoms with E-state index in [0.29, 0.717) is 37.7 Å². The Kier molecular flexibility index (Phi) is 6.59. The van der Waals surface area contributed by atoms with Crippen LogP contribution in [0.25, 0.3) is 17.4 Å². The van der Waals surface area contributed by atoms with E-state index < -0.39 is 5.91 Å². The summed E-state index contributed by atoms with van der Waals surface area (Å²) in [6, 6.07) is 26.4. The number of halogens is 2. The predicted molar refractivity (Wildman–Crippen MR) is 142 cm³/mol. The molecule has 0 spiro atoms. The number of carbonyl (C=O) groups excluding carboxylic acids is 2. The fourth-order valence-corrected chi connectivity index (χ4v) is 4.64. The van der Waals surface area contributed by atoms with Crippen molar-refractivity contribution in [2.24, 2.45) is 4.99 Å². The molecule has 1 aliphatic rings. The molecule has 0 atom stereocenters. The van der Waals surface area contributed by atoms with Crippen molar-refractivity contribution in [1.29, 1.82) is 0 Å². The highest BCUT2D eigenvalue weighted by molar-refractivity contribution is 8.19. The van der Waals surface area contributed by atoms with Crippen molar-refractivity contribution < 1.29 is 14.0 Å². The zero-order valence-corrected chi connectivity index (χ0v) is 20.3. The Morgan fingerprint density at radius 3 is 2.20 bits per heavy atom. The summed E-state index contributed by atoms with van der Waals surface area (Å²) in [5, 5.41) is 1.42. The third-order valence-corrected chi connectivity index (χ3v) is 6.61. The number of amides is 2. The lowest BCUT2D eigenvalue weighted by atomic mass is 10.2. The molecule has 0 aliphatic carbocycles. The molecule has 4 aromatic rings. The van der Waals surface area contributed by atoms with Gasteiger partial charge >= 0.3 is 0 Å². The van der Waals surface area contributed by atoms with Gasteiger partial charge in [0.25, 0.3) is 11.8 Å². The highest BCUT2D eigenvalue weighted by Gasteiger charge is 2.35. The summed E-state index contributed by atoms with van der Waals surface area (Å²) in [7, 11) is 0. The molecule has 8 heteroatoms. The van der Waals surface area contributed by atoms with E-state index >= 15 is 0 Å². The van der Waals surface area contributed by atoms with Crippen LogP contribution in [-0.2, 0) is 4.79 Å². The first kappa shape index (κ1) is 23.2. The van der Waals surface area contributed by atoms with Crippen LogP contribution in [0.2, 0.25) is 10.0 Å². The van der Waals surface area contributed by atoms with Crippen molar-refractivity contribution in [3.63, 3.8) is 0 Å². The highest BCUT2D eigenvalue weighted by Crippen LogP contribution is 2.37. The van der Waals surface area contributed by atoms with Crippen molar-refractivity contribution in [1.82, 2.24) is 0 Å². The van der Waals surface area contributed by atoms with Crippen LogP contribution in [0.5, 0.6) is 0 Å². The van der Waals surface area contributed by atoms with E-state index in [1.165, 1.54) is 4.90 Å². The molecule has 1 fully saturated rings. The first-order valence-electron chi connectivity index (χ1n) is 10.5. The quantitative estimate of drug-likeness (QED) is 0.261. The molecule has 2 amide bonds. The summed E-state index contributed by atoms with van der Waals surface area (Å²) in [5.74, 6) is 0.384. The van der Waals surface area contributed by atoms with Crippen LogP contribution in [0.3, 0.4) is 0 Å². The number of carbonyl (C=O) groups is 2. The summed E-state index contributed by atoms with van der Waals surface area (Å²) in [6.07, 6.45) is 1.64. The Hall–Kier alpha value is -3.58. The van der Waals surface area contributed by atoms with Gasteiger partial charge in [-0.2, -0.15) is 4.99 Å². The van der Waals surface area contributed by atoms with Gasteiger partial charge < -0.3 is 4.42 Å². The molecule has 1 aromatic heterocycles. The zero-order chi connectivity index (χ0) is 24.4. The topological polar surface area (TPSA) is 62.9 Å². The molecule has 172 valence electrons. The number of hydrogen-bond donors (Lipinski definition) is 0. The van der Waals surface area contributed by atoms with Crippen LogP contribution in [-0.4, -0.2) is 17.0 Å². The number of aliphatic imine (C=N–C) groups is 1. The van der Waals surface area contributed by atoms with Crippen LogP contribution < -0.4 is 4.90 Å². The third kappa shape index (κ3) is 5.10. The van der Waals surface area contributed by atoms with Crippen LogP contribution in [0.4, 0.5) is 5.69 Å². The number of nitrogens with zero attached hydrogens (tertiary/aromatic N) is 2. The van der Waals surface area contributed by atoms with E-state index in [0.717, 1.165) is 17.3 Å². The Morgan fingerprint density at radius 2 is 1.51 bits per heavy atom. The van der Waals surface area contributed by atoms with Gasteiger partial charge in [0.1, 0.15) is 11.5 Å². The standard InChI is InChI=1S/C27H16Cl2N2O3S/c28-19-8-6-17(7-9-19)23-15-14-22(34-23)16-24-26(33)31(21-12-10-20(29)11-13-21)27(35-24)30-25(32)18-4-2-1-3-5-18/h1-16H/b24-16+,30-27?. The van der Waals surface area contributed by atoms with Crippen LogP contribution in [0.1, 0.15) is 16.1 Å². The fraction of sp³-hybridized carbons (Fsp3) is 0. The van der Waals surface area contributed by atoms with Gasteiger partial charge in [0, 0.05) is 27.2 Å². The number of anilines is 1. The summed E-state index contributed by atoms with van der Waals surface area (Å²) in [4.78, 5) is 32.2. The van der Waals surface area contributed by atoms with E-state index in [4.69, 9.17) is 27.6 Å². The van der Waals surface area contributed by atoms with Gasteiger partial charge in [0.15, 0.2) is 5.17 Å². The van der Waals surface area contributed by atoms with E-state index in [1.807, 2.05) is 24.3 Å². The van der Waals surface area contributed by atoms with Crippen LogP contribution in [0.15, 0.2) is 105 Å². The first-order chi connectivity index (χ1) is 17.0. The molecule has 0 unspecified atom stereocenters. The maximum Gasteiger partial charge on any atom is 0.279 e. The van der Waals surface area contributed by atoms with Gasteiger partial charge in [-0.15, -0.1) is 0 Å². The monoisotopic (exact) mass is 518 g/mol. The second-order valence-corrected chi connectivity index (χ2v) is 9.38. The van der Waals surface area contributed by atoms with Crippen LogP contribution in [0, 0.1) is 0 Å². The Bertz CT molecular complexity index is 1460. The van der Waals surface area contributed by atoms with Crippen molar-refractivity contribution in [3.05, 3.63) is 117 Å². The Morgan fingerprint density at radius 1 is 0.857 bits per heavy atom. The third-order valence-electron chi connectivity index (χ3n) is 5.14. The maximum absolute atomic E-state index is 13.4. The number of furan rings is 1. The predicted octanol–water partition coefficient (Wildman–Crippen LogP) is 7.57. The van der Waals surface area contributed by atoms with Gasteiger partial charge in [0.05, 0.1) is 10.6 Å². The summed E-state index contributed by atoms with van der Waals surface area (Å²) in [5.41, 5.74) is 1.85. The normalized spacial score (nSPS) is 15.8. The van der Waals surface area contributed by atoms with Crippen LogP contribution >= 0.6 is 35.0 Å². The SMILES string of the molecule is O=C(N=C1S/C(=C/c2ccc(-c3ccc(Cl)cc3)o2)C(=O)N1c1ccc(Cl)cc1)c1ccccc1. The van der Waals surface area contributed by atoms with Gasteiger partial charge in [0.2, 0.25) is 0 Å². The number of rotatable bonds is 4. The van der Waals surface area contributed by atoms with E-state index in [2.05, 4.69) is 4.99 Å². The average molecular weight is 519 g/mol. The molecule has 5 rings (SSSR count). The average Bonchev–Trinajstić information content (AvgIpc) is 3.45. The Balaban J connectivity index is 1.49. The Labute approximate surface area is 215 Å². The molecular weight excluding hydrogens is 503 g/mol. The first-order valence-corrected chi connectivity index (χ1v) is 12.1. The smallest absolute Gasteiger partial charge is 0.279 e. The molecular formula is C27H16Cl2N2O3S. The second kappa shape index (κ2) is 9.96. The molecule has 0 bridgehead atoms. The van der Waals surface area contributed by atoms with Gasteiger partial charge in [-0.25, -0.2) is 0 Å². The van der Waals surface area contributed by atoms with Gasteiger partial charge in [-0.05, 0) is 84.6 Å². The number of thioether (sulfide) groups is 1. The van der Waals surface area contributed by atoms with Gasteiger partial charge in [-0.1, -0.05) is 41.4 Å². The molecule has 2 heterocycles. The minimum atomic E-state index is -0.441. The molecule has 3 aromatic carbocycles. The lowest BCUT2D eigenvalue weighted by Gasteiger charge is -2.15. The summed E-state index contributed by atoms with van der Waals surface area (Å²) >= 11 is 13.1. The van der Waals surface area contributed by atoms with Gasteiger partial charge in [-0.3, -0.25) is 14.5 Å². The lowest BCUT2D eigenvalue weighted by molar-refractivity contribution is -0.113. The van der Waals surface area contributed by atoms with E-state index in [9.17, 15) is 9.59 Å². The minimum absolute atomic E-state index is 0.252. The molecule has 35 heavy (non-hydrogen) atoms. The van der Waals surface area contributed by atoms with E-state index in [-0.39, 0.29) is 11.1 Å². The van der Waals surface area contributed by atoms with Crippen molar-refractivity contribution in [2.75, 3.05) is 4.90 Å². The zero-order valence-electron chi connectivity index (χ0n) is 18.0. The molecule has 0 saturated carbocycles. The summed E-state index contributed by atoms with van der Waals surface area (Å²) < 4.78 is 5.93. The second-order valence-electron chi connectivity index (χ2n) is 7.50.